The van der Waals surface area contributed by atoms with Gasteiger partial charge in [-0.1, -0.05) is 49.3 Å². The van der Waals surface area contributed by atoms with Crippen LogP contribution in [0.1, 0.15) is 48.8 Å². The van der Waals surface area contributed by atoms with E-state index in [1.165, 1.54) is 31.4 Å². The Morgan fingerprint density at radius 2 is 1.61 bits per heavy atom. The van der Waals surface area contributed by atoms with E-state index in [9.17, 15) is 13.2 Å². The zero-order chi connectivity index (χ0) is 20.0. The highest BCUT2D eigenvalue weighted by molar-refractivity contribution is 5.80. The number of hydrogen-bond acceptors (Lipinski definition) is 1. The second-order valence-corrected chi connectivity index (χ2v) is 7.03. The second-order valence-electron chi connectivity index (χ2n) is 7.03. The predicted octanol–water partition coefficient (Wildman–Crippen LogP) is 6.73. The molecule has 0 aliphatic heterocycles. The molecule has 0 spiro atoms. The number of hydrogen-bond donors (Lipinski definition) is 0. The van der Waals surface area contributed by atoms with Crippen molar-refractivity contribution in [2.75, 3.05) is 7.11 Å². The average Bonchev–Trinajstić information content (AvgIpc) is 2.71. The first-order valence-electron chi connectivity index (χ1n) is 9.51. The van der Waals surface area contributed by atoms with Gasteiger partial charge in [0.05, 0.1) is 12.7 Å². The number of ether oxygens (including phenoxy) is 1. The first-order valence-corrected chi connectivity index (χ1v) is 9.51. The molecule has 0 aromatic heterocycles. The van der Waals surface area contributed by atoms with Gasteiger partial charge in [-0.15, -0.1) is 0 Å². The lowest BCUT2D eigenvalue weighted by Crippen LogP contribution is -2.04. The van der Waals surface area contributed by atoms with Crippen LogP contribution in [0.3, 0.4) is 0 Å². The fourth-order valence-electron chi connectivity index (χ4n) is 3.40. The molecule has 0 heterocycles. The largest absolute Gasteiger partial charge is 0.497 e. The summed E-state index contributed by atoms with van der Waals surface area (Å²) in [6.45, 7) is 0. The molecule has 2 aromatic rings. The molecule has 0 atom stereocenters. The molecule has 4 heteroatoms. The molecular formula is C24H23F3O. The summed E-state index contributed by atoms with van der Waals surface area (Å²) < 4.78 is 43.4. The van der Waals surface area contributed by atoms with Crippen molar-refractivity contribution in [3.8, 4) is 17.6 Å². The number of rotatable bonds is 3. The van der Waals surface area contributed by atoms with Crippen molar-refractivity contribution in [2.24, 2.45) is 5.92 Å². The highest BCUT2D eigenvalue weighted by Crippen LogP contribution is 2.30. The van der Waals surface area contributed by atoms with Gasteiger partial charge < -0.3 is 4.74 Å². The van der Waals surface area contributed by atoms with E-state index >= 15 is 0 Å². The maximum absolute atomic E-state index is 12.7. The van der Waals surface area contributed by atoms with Crippen LogP contribution in [0.5, 0.6) is 5.75 Å². The summed E-state index contributed by atoms with van der Waals surface area (Å²) in [4.78, 5) is 0. The molecule has 2 aromatic carbocycles. The van der Waals surface area contributed by atoms with Crippen LogP contribution in [0.15, 0.2) is 54.6 Å². The minimum absolute atomic E-state index is 0.493. The Kier molecular flexibility index (Phi) is 6.46. The summed E-state index contributed by atoms with van der Waals surface area (Å²) in [5, 5.41) is 0. The van der Waals surface area contributed by atoms with Gasteiger partial charge in [-0.2, -0.15) is 13.2 Å². The van der Waals surface area contributed by atoms with Crippen LogP contribution in [0.25, 0.3) is 5.57 Å². The van der Waals surface area contributed by atoms with Gasteiger partial charge in [-0.05, 0) is 60.7 Å². The normalized spacial score (nSPS) is 15.6. The SMILES string of the molecule is COc1ccc(/C(C#Cc2ccc(C(F)(F)F)cc2)=C\C2CCCCC2)cc1. The molecule has 0 bridgehead atoms. The third-order valence-corrected chi connectivity index (χ3v) is 5.01. The smallest absolute Gasteiger partial charge is 0.416 e. The second kappa shape index (κ2) is 9.01. The number of halogens is 3. The number of benzene rings is 2. The van der Waals surface area contributed by atoms with E-state index in [2.05, 4.69) is 17.9 Å². The predicted molar refractivity (Wildman–Crippen MR) is 106 cm³/mol. The monoisotopic (exact) mass is 384 g/mol. The molecule has 1 nitrogen and oxygen atoms in total. The molecule has 146 valence electrons. The topological polar surface area (TPSA) is 9.23 Å². The maximum Gasteiger partial charge on any atom is 0.416 e. The van der Waals surface area contributed by atoms with Gasteiger partial charge in [0, 0.05) is 11.1 Å². The fraction of sp³-hybridized carbons (Fsp3) is 0.333. The summed E-state index contributed by atoms with van der Waals surface area (Å²) >= 11 is 0. The zero-order valence-electron chi connectivity index (χ0n) is 15.9. The first kappa shape index (κ1) is 20.1. The van der Waals surface area contributed by atoms with Crippen LogP contribution >= 0.6 is 0 Å². The minimum Gasteiger partial charge on any atom is -0.497 e. The quantitative estimate of drug-likeness (QED) is 0.533. The van der Waals surface area contributed by atoms with Crippen molar-refractivity contribution in [3.05, 3.63) is 71.3 Å². The summed E-state index contributed by atoms with van der Waals surface area (Å²) in [6.07, 6.45) is 3.93. The molecule has 1 saturated carbocycles. The molecule has 0 saturated heterocycles. The standard InChI is InChI=1S/C24H23F3O/c1-28-23-15-11-20(12-16-23)21(17-19-5-3-2-4-6-19)10-7-18-8-13-22(14-9-18)24(25,26)27/h8-9,11-17,19H,2-6H2,1H3/b21-17-. The molecule has 1 fully saturated rings. The number of allylic oxidation sites excluding steroid dienone is 2. The van der Waals surface area contributed by atoms with Crippen LogP contribution in [0, 0.1) is 17.8 Å². The van der Waals surface area contributed by atoms with Crippen LogP contribution in [-0.2, 0) is 6.18 Å². The molecule has 28 heavy (non-hydrogen) atoms. The lowest BCUT2D eigenvalue weighted by Gasteiger charge is -2.18. The van der Waals surface area contributed by atoms with Gasteiger partial charge in [0.1, 0.15) is 5.75 Å². The summed E-state index contributed by atoms with van der Waals surface area (Å²) in [5.74, 6) is 7.48. The van der Waals surface area contributed by atoms with E-state index in [0.717, 1.165) is 41.9 Å². The van der Waals surface area contributed by atoms with Crippen molar-refractivity contribution in [2.45, 2.75) is 38.3 Å². The Morgan fingerprint density at radius 1 is 0.964 bits per heavy atom. The summed E-state index contributed by atoms with van der Waals surface area (Å²) in [7, 11) is 1.62. The van der Waals surface area contributed by atoms with Gasteiger partial charge in [0.25, 0.3) is 0 Å². The Hall–Kier alpha value is -2.67. The van der Waals surface area contributed by atoms with Crippen LogP contribution in [0.4, 0.5) is 13.2 Å². The molecular weight excluding hydrogens is 361 g/mol. The lowest BCUT2D eigenvalue weighted by atomic mass is 9.87. The highest BCUT2D eigenvalue weighted by Gasteiger charge is 2.29. The van der Waals surface area contributed by atoms with Gasteiger partial charge in [-0.25, -0.2) is 0 Å². The van der Waals surface area contributed by atoms with E-state index in [-0.39, 0.29) is 0 Å². The van der Waals surface area contributed by atoms with E-state index in [1.54, 1.807) is 7.11 Å². The molecule has 1 aliphatic carbocycles. The molecule has 3 rings (SSSR count). The van der Waals surface area contributed by atoms with E-state index < -0.39 is 11.7 Å². The zero-order valence-corrected chi connectivity index (χ0v) is 15.9. The molecule has 0 N–H and O–H groups in total. The van der Waals surface area contributed by atoms with E-state index in [1.807, 2.05) is 24.3 Å². The average molecular weight is 384 g/mol. The van der Waals surface area contributed by atoms with Crippen LogP contribution < -0.4 is 4.74 Å². The number of alkyl halides is 3. The van der Waals surface area contributed by atoms with Crippen LogP contribution in [0.2, 0.25) is 0 Å². The van der Waals surface area contributed by atoms with Gasteiger partial charge in [0.2, 0.25) is 0 Å². The molecule has 0 unspecified atom stereocenters. The van der Waals surface area contributed by atoms with E-state index in [4.69, 9.17) is 4.74 Å². The van der Waals surface area contributed by atoms with Crippen molar-refractivity contribution < 1.29 is 17.9 Å². The maximum atomic E-state index is 12.7. The Morgan fingerprint density at radius 3 is 2.18 bits per heavy atom. The number of methoxy groups -OCH3 is 1. The molecule has 0 amide bonds. The molecule has 0 radical (unpaired) electrons. The lowest BCUT2D eigenvalue weighted by molar-refractivity contribution is -0.137. The van der Waals surface area contributed by atoms with Crippen LogP contribution in [-0.4, -0.2) is 7.11 Å². The Bertz CT molecular complexity index is 859. The van der Waals surface area contributed by atoms with Gasteiger partial charge >= 0.3 is 6.18 Å². The van der Waals surface area contributed by atoms with Gasteiger partial charge in [-0.3, -0.25) is 0 Å². The summed E-state index contributed by atoms with van der Waals surface area (Å²) in [6, 6.07) is 12.7. The Balaban J connectivity index is 1.88. The first-order chi connectivity index (χ1) is 13.5. The third kappa shape index (κ3) is 5.42. The Labute approximate surface area is 164 Å². The minimum atomic E-state index is -4.33. The highest BCUT2D eigenvalue weighted by atomic mass is 19.4. The third-order valence-electron chi connectivity index (χ3n) is 5.01. The van der Waals surface area contributed by atoms with Crippen molar-refractivity contribution >= 4 is 5.57 Å². The van der Waals surface area contributed by atoms with Gasteiger partial charge in [0.15, 0.2) is 0 Å². The summed E-state index contributed by atoms with van der Waals surface area (Å²) in [5.41, 5.74) is 1.81. The molecule has 1 aliphatic rings. The van der Waals surface area contributed by atoms with Crippen molar-refractivity contribution in [1.29, 1.82) is 0 Å². The van der Waals surface area contributed by atoms with Crippen molar-refractivity contribution in [3.63, 3.8) is 0 Å². The fourth-order valence-corrected chi connectivity index (χ4v) is 3.40. The van der Waals surface area contributed by atoms with E-state index in [0.29, 0.717) is 11.5 Å². The van der Waals surface area contributed by atoms with Crippen molar-refractivity contribution in [1.82, 2.24) is 0 Å².